The van der Waals surface area contributed by atoms with Gasteiger partial charge >= 0.3 is 0 Å². The minimum absolute atomic E-state index is 0.114. The summed E-state index contributed by atoms with van der Waals surface area (Å²) in [6.07, 6.45) is 0. The van der Waals surface area contributed by atoms with Crippen LogP contribution in [0.4, 0.5) is 10.1 Å². The molecule has 2 aromatic carbocycles. The van der Waals surface area contributed by atoms with Gasteiger partial charge in [-0.15, -0.1) is 10.2 Å². The molecule has 1 N–H and O–H groups in total. The van der Waals surface area contributed by atoms with Crippen molar-refractivity contribution >= 4 is 27.5 Å². The van der Waals surface area contributed by atoms with E-state index in [4.69, 9.17) is 0 Å². The standard InChI is InChI=1S/C16H13BrFN5O/c1-10(16(24)19-14-5-3-2-4-13(14)18)23-21-15(20-22-23)11-6-8-12(17)9-7-11/h2-10H,1H3,(H,19,24)/t10-/m0/s1. The number of aromatic nitrogens is 4. The van der Waals surface area contributed by atoms with Gasteiger partial charge in [-0.05, 0) is 48.5 Å². The maximum absolute atomic E-state index is 13.6. The molecule has 0 aliphatic carbocycles. The van der Waals surface area contributed by atoms with Crippen LogP contribution < -0.4 is 5.32 Å². The number of para-hydroxylation sites is 1. The van der Waals surface area contributed by atoms with Crippen LogP contribution in [-0.4, -0.2) is 26.1 Å². The van der Waals surface area contributed by atoms with Crippen LogP contribution in [0.5, 0.6) is 0 Å². The lowest BCUT2D eigenvalue weighted by molar-refractivity contribution is -0.119. The van der Waals surface area contributed by atoms with Gasteiger partial charge in [0.1, 0.15) is 11.9 Å². The van der Waals surface area contributed by atoms with Crippen molar-refractivity contribution in [2.45, 2.75) is 13.0 Å². The highest BCUT2D eigenvalue weighted by atomic mass is 79.9. The van der Waals surface area contributed by atoms with Gasteiger partial charge in [-0.1, -0.05) is 28.1 Å². The molecule has 0 aliphatic rings. The molecular weight excluding hydrogens is 377 g/mol. The number of tetrazole rings is 1. The first-order valence-corrected chi connectivity index (χ1v) is 7.95. The summed E-state index contributed by atoms with van der Waals surface area (Å²) < 4.78 is 14.5. The monoisotopic (exact) mass is 389 g/mol. The van der Waals surface area contributed by atoms with Gasteiger partial charge in [0.15, 0.2) is 0 Å². The minimum atomic E-state index is -0.735. The van der Waals surface area contributed by atoms with Crippen LogP contribution in [0.3, 0.4) is 0 Å². The average molecular weight is 390 g/mol. The number of nitrogens with one attached hydrogen (secondary N) is 1. The third kappa shape index (κ3) is 3.48. The molecule has 0 saturated heterocycles. The number of benzene rings is 2. The van der Waals surface area contributed by atoms with Gasteiger partial charge in [-0.2, -0.15) is 4.80 Å². The zero-order valence-electron chi connectivity index (χ0n) is 12.6. The number of carbonyl (C=O) groups excluding carboxylic acids is 1. The summed E-state index contributed by atoms with van der Waals surface area (Å²) >= 11 is 3.36. The second-order valence-electron chi connectivity index (χ2n) is 5.09. The van der Waals surface area contributed by atoms with Crippen molar-refractivity contribution in [3.63, 3.8) is 0 Å². The summed E-state index contributed by atoms with van der Waals surface area (Å²) in [5.74, 6) is -0.520. The van der Waals surface area contributed by atoms with Crippen LogP contribution in [-0.2, 0) is 4.79 Å². The van der Waals surface area contributed by atoms with Crippen molar-refractivity contribution < 1.29 is 9.18 Å². The molecule has 0 aliphatic heterocycles. The summed E-state index contributed by atoms with van der Waals surface area (Å²) in [6, 6.07) is 12.6. The number of hydrogen-bond acceptors (Lipinski definition) is 4. The fraction of sp³-hybridized carbons (Fsp3) is 0.125. The van der Waals surface area contributed by atoms with Gasteiger partial charge in [-0.3, -0.25) is 4.79 Å². The molecule has 1 amide bonds. The molecule has 8 heteroatoms. The van der Waals surface area contributed by atoms with E-state index in [0.717, 1.165) is 10.0 Å². The summed E-state index contributed by atoms with van der Waals surface area (Å²) in [5.41, 5.74) is 0.897. The van der Waals surface area contributed by atoms with Crippen molar-refractivity contribution in [2.75, 3.05) is 5.32 Å². The Morgan fingerprint density at radius 3 is 2.62 bits per heavy atom. The summed E-state index contributed by atoms with van der Waals surface area (Å²) in [5, 5.41) is 14.6. The first kappa shape index (κ1) is 16.3. The number of amides is 1. The van der Waals surface area contributed by atoms with E-state index in [1.165, 1.54) is 16.9 Å². The Kier molecular flexibility index (Phi) is 4.66. The number of rotatable bonds is 4. The van der Waals surface area contributed by atoms with E-state index < -0.39 is 17.8 Å². The number of hydrogen-bond donors (Lipinski definition) is 1. The molecule has 0 fully saturated rings. The van der Waals surface area contributed by atoms with Crippen LogP contribution in [0.15, 0.2) is 53.0 Å². The van der Waals surface area contributed by atoms with Crippen molar-refractivity contribution in [1.82, 2.24) is 20.2 Å². The third-order valence-electron chi connectivity index (χ3n) is 3.39. The second-order valence-corrected chi connectivity index (χ2v) is 6.00. The van der Waals surface area contributed by atoms with E-state index in [2.05, 4.69) is 36.7 Å². The molecule has 0 bridgehead atoms. The molecule has 24 heavy (non-hydrogen) atoms. The van der Waals surface area contributed by atoms with Crippen LogP contribution in [0.25, 0.3) is 11.4 Å². The van der Waals surface area contributed by atoms with E-state index in [-0.39, 0.29) is 5.69 Å². The lowest BCUT2D eigenvalue weighted by Crippen LogP contribution is -2.25. The molecule has 1 aromatic heterocycles. The smallest absolute Gasteiger partial charge is 0.250 e. The molecule has 0 unspecified atom stereocenters. The van der Waals surface area contributed by atoms with Gasteiger partial charge in [0.25, 0.3) is 5.91 Å². The Bertz CT molecular complexity index is 865. The highest BCUT2D eigenvalue weighted by Crippen LogP contribution is 2.19. The largest absolute Gasteiger partial charge is 0.322 e. The van der Waals surface area contributed by atoms with E-state index in [9.17, 15) is 9.18 Å². The highest BCUT2D eigenvalue weighted by Gasteiger charge is 2.19. The quantitative estimate of drug-likeness (QED) is 0.741. The third-order valence-corrected chi connectivity index (χ3v) is 3.92. The van der Waals surface area contributed by atoms with Gasteiger partial charge < -0.3 is 5.32 Å². The molecule has 3 aromatic rings. The van der Waals surface area contributed by atoms with Gasteiger partial charge in [0.05, 0.1) is 5.69 Å². The van der Waals surface area contributed by atoms with Crippen LogP contribution in [0, 0.1) is 5.82 Å². The zero-order chi connectivity index (χ0) is 17.1. The van der Waals surface area contributed by atoms with E-state index in [1.807, 2.05) is 24.3 Å². The Labute approximate surface area is 145 Å². The molecule has 3 rings (SSSR count). The fourth-order valence-electron chi connectivity index (χ4n) is 2.01. The molecule has 0 spiro atoms. The Hall–Kier alpha value is -2.61. The predicted molar refractivity (Wildman–Crippen MR) is 90.7 cm³/mol. The fourth-order valence-corrected chi connectivity index (χ4v) is 2.27. The Balaban J connectivity index is 1.75. The van der Waals surface area contributed by atoms with Crippen LogP contribution >= 0.6 is 15.9 Å². The Morgan fingerprint density at radius 1 is 1.21 bits per heavy atom. The average Bonchev–Trinajstić information content (AvgIpc) is 3.07. The van der Waals surface area contributed by atoms with Gasteiger partial charge in [0, 0.05) is 10.0 Å². The summed E-state index contributed by atoms with van der Waals surface area (Å²) in [6.45, 7) is 1.61. The topological polar surface area (TPSA) is 72.7 Å². The Morgan fingerprint density at radius 2 is 1.92 bits per heavy atom. The first-order valence-electron chi connectivity index (χ1n) is 7.15. The molecule has 0 saturated carbocycles. The SMILES string of the molecule is C[C@@H](C(=O)Nc1ccccc1F)n1nnc(-c2ccc(Br)cc2)n1. The number of halogens is 2. The molecule has 6 nitrogen and oxygen atoms in total. The first-order chi connectivity index (χ1) is 11.5. The van der Waals surface area contributed by atoms with Gasteiger partial charge in [0.2, 0.25) is 5.82 Å². The summed E-state index contributed by atoms with van der Waals surface area (Å²) in [7, 11) is 0. The molecule has 1 atom stereocenters. The van der Waals surface area contributed by atoms with E-state index in [0.29, 0.717) is 5.82 Å². The molecule has 0 radical (unpaired) electrons. The van der Waals surface area contributed by atoms with Crippen molar-refractivity contribution in [3.8, 4) is 11.4 Å². The second kappa shape index (κ2) is 6.88. The zero-order valence-corrected chi connectivity index (χ0v) is 14.2. The van der Waals surface area contributed by atoms with E-state index >= 15 is 0 Å². The molecule has 1 heterocycles. The highest BCUT2D eigenvalue weighted by molar-refractivity contribution is 9.10. The van der Waals surface area contributed by atoms with Crippen molar-refractivity contribution in [1.29, 1.82) is 0 Å². The maximum atomic E-state index is 13.6. The van der Waals surface area contributed by atoms with Crippen LogP contribution in [0.1, 0.15) is 13.0 Å². The minimum Gasteiger partial charge on any atom is -0.322 e. The number of anilines is 1. The van der Waals surface area contributed by atoms with Crippen LogP contribution in [0.2, 0.25) is 0 Å². The predicted octanol–water partition coefficient (Wildman–Crippen LogP) is 3.44. The lowest BCUT2D eigenvalue weighted by atomic mass is 10.2. The van der Waals surface area contributed by atoms with Crippen molar-refractivity contribution in [2.24, 2.45) is 0 Å². The normalized spacial score (nSPS) is 12.0. The maximum Gasteiger partial charge on any atom is 0.250 e. The lowest BCUT2D eigenvalue weighted by Gasteiger charge is -2.11. The molecule has 122 valence electrons. The molecular formula is C16H13BrFN5O. The van der Waals surface area contributed by atoms with Crippen molar-refractivity contribution in [3.05, 3.63) is 58.8 Å². The number of carbonyl (C=O) groups is 1. The van der Waals surface area contributed by atoms with Gasteiger partial charge in [-0.25, -0.2) is 4.39 Å². The number of nitrogens with zero attached hydrogens (tertiary/aromatic N) is 4. The van der Waals surface area contributed by atoms with E-state index in [1.54, 1.807) is 19.1 Å². The summed E-state index contributed by atoms with van der Waals surface area (Å²) in [4.78, 5) is 13.4.